The number of hydrogen-bond acceptors (Lipinski definition) is 2. The van der Waals surface area contributed by atoms with E-state index in [0.29, 0.717) is 17.9 Å². The zero-order valence-electron chi connectivity index (χ0n) is 13.3. The van der Waals surface area contributed by atoms with Crippen molar-refractivity contribution in [1.82, 2.24) is 10.6 Å². The van der Waals surface area contributed by atoms with E-state index in [1.807, 2.05) is 18.2 Å². The molecule has 0 aliphatic heterocycles. The van der Waals surface area contributed by atoms with Crippen molar-refractivity contribution in [2.45, 2.75) is 32.7 Å². The quantitative estimate of drug-likeness (QED) is 0.393. The number of rotatable bonds is 5. The maximum Gasteiger partial charge on any atom is 0.243 e. The number of nitrogens with one attached hydrogen (secondary N) is 3. The Kier molecular flexibility index (Phi) is 7.64. The molecule has 1 saturated carbocycles. The summed E-state index contributed by atoms with van der Waals surface area (Å²) in [5.74, 6) is 1.30. The molecule has 0 radical (unpaired) electrons. The Balaban J connectivity index is 0.00000242. The molecule has 0 bridgehead atoms. The first-order chi connectivity index (χ1) is 10.1. The minimum atomic E-state index is -0.0740. The van der Waals surface area contributed by atoms with Crippen molar-refractivity contribution < 1.29 is 4.79 Å². The molecule has 3 N–H and O–H groups in total. The van der Waals surface area contributed by atoms with Gasteiger partial charge in [-0.15, -0.1) is 24.0 Å². The molecule has 22 heavy (non-hydrogen) atoms. The van der Waals surface area contributed by atoms with Crippen molar-refractivity contribution in [3.05, 3.63) is 29.8 Å². The summed E-state index contributed by atoms with van der Waals surface area (Å²) in [4.78, 5) is 16.1. The lowest BCUT2D eigenvalue weighted by Gasteiger charge is -2.12. The van der Waals surface area contributed by atoms with Gasteiger partial charge in [-0.1, -0.05) is 26.0 Å². The van der Waals surface area contributed by atoms with Crippen molar-refractivity contribution in [3.8, 4) is 0 Å². The Labute approximate surface area is 149 Å². The Morgan fingerprint density at radius 2 is 2.14 bits per heavy atom. The second-order valence-electron chi connectivity index (χ2n) is 5.49. The van der Waals surface area contributed by atoms with Crippen LogP contribution in [0.15, 0.2) is 29.3 Å². The van der Waals surface area contributed by atoms with Crippen molar-refractivity contribution >= 4 is 41.5 Å². The second-order valence-corrected chi connectivity index (χ2v) is 5.49. The highest BCUT2D eigenvalue weighted by Gasteiger charge is 2.33. The Bertz CT molecular complexity index is 533. The standard InChI is InChI=1S/C16H24N4O.HI/c1-4-12-6-5-7-13(9-12)19-15(21)10-18-16(17-3)20-14-8-11(14)2;/h5-7,9,11,14H,4,8,10H2,1-3H3,(H,19,21)(H2,17,18,20);1H. The number of aliphatic imine (C=N–C) groups is 1. The minimum absolute atomic E-state index is 0. The molecule has 6 heteroatoms. The number of benzene rings is 1. The van der Waals surface area contributed by atoms with Crippen LogP contribution < -0.4 is 16.0 Å². The fraction of sp³-hybridized carbons (Fsp3) is 0.500. The molecule has 2 unspecified atom stereocenters. The van der Waals surface area contributed by atoms with E-state index in [1.165, 1.54) is 5.56 Å². The molecule has 1 aromatic rings. The van der Waals surface area contributed by atoms with E-state index >= 15 is 0 Å². The summed E-state index contributed by atoms with van der Waals surface area (Å²) in [5, 5.41) is 9.21. The average Bonchev–Trinajstić information content (AvgIpc) is 3.18. The average molecular weight is 416 g/mol. The van der Waals surface area contributed by atoms with E-state index in [9.17, 15) is 4.79 Å². The van der Waals surface area contributed by atoms with Crippen LogP contribution in [0.3, 0.4) is 0 Å². The van der Waals surface area contributed by atoms with Gasteiger partial charge >= 0.3 is 0 Å². The predicted octanol–water partition coefficient (Wildman–Crippen LogP) is 2.38. The van der Waals surface area contributed by atoms with Gasteiger partial charge in [0, 0.05) is 18.8 Å². The van der Waals surface area contributed by atoms with Gasteiger partial charge < -0.3 is 16.0 Å². The highest BCUT2D eigenvalue weighted by Crippen LogP contribution is 2.28. The van der Waals surface area contributed by atoms with Gasteiger partial charge in [0.25, 0.3) is 0 Å². The Morgan fingerprint density at radius 3 is 2.73 bits per heavy atom. The summed E-state index contributed by atoms with van der Waals surface area (Å²) in [5.41, 5.74) is 2.04. The maximum absolute atomic E-state index is 11.9. The van der Waals surface area contributed by atoms with Crippen molar-refractivity contribution in [3.63, 3.8) is 0 Å². The lowest BCUT2D eigenvalue weighted by Crippen LogP contribution is -2.42. The molecule has 1 aliphatic carbocycles. The number of carbonyl (C=O) groups is 1. The predicted molar refractivity (Wildman–Crippen MR) is 102 cm³/mol. The van der Waals surface area contributed by atoms with Crippen LogP contribution in [0.2, 0.25) is 0 Å². The first-order valence-corrected chi connectivity index (χ1v) is 7.48. The number of carbonyl (C=O) groups excluding carboxylic acids is 1. The van der Waals surface area contributed by atoms with Crippen molar-refractivity contribution in [1.29, 1.82) is 0 Å². The number of hydrogen-bond donors (Lipinski definition) is 3. The molecule has 0 saturated heterocycles. The van der Waals surface area contributed by atoms with Gasteiger partial charge in [-0.2, -0.15) is 0 Å². The van der Waals surface area contributed by atoms with Crippen LogP contribution in [-0.2, 0) is 11.2 Å². The first-order valence-electron chi connectivity index (χ1n) is 7.48. The van der Waals surface area contributed by atoms with Gasteiger partial charge in [-0.25, -0.2) is 0 Å². The number of guanidine groups is 1. The van der Waals surface area contributed by atoms with E-state index < -0.39 is 0 Å². The number of anilines is 1. The van der Waals surface area contributed by atoms with Gasteiger partial charge in [0.05, 0.1) is 6.54 Å². The lowest BCUT2D eigenvalue weighted by atomic mass is 10.1. The van der Waals surface area contributed by atoms with E-state index in [2.05, 4.69) is 40.9 Å². The fourth-order valence-corrected chi connectivity index (χ4v) is 2.13. The van der Waals surface area contributed by atoms with E-state index in [1.54, 1.807) is 7.05 Å². The third-order valence-corrected chi connectivity index (χ3v) is 3.69. The molecule has 122 valence electrons. The fourth-order valence-electron chi connectivity index (χ4n) is 2.13. The van der Waals surface area contributed by atoms with Gasteiger partial charge in [-0.3, -0.25) is 9.79 Å². The molecule has 1 aromatic carbocycles. The normalized spacial score (nSPS) is 19.9. The van der Waals surface area contributed by atoms with Gasteiger partial charge in [0.15, 0.2) is 5.96 Å². The number of nitrogens with zero attached hydrogens (tertiary/aromatic N) is 1. The molecule has 1 amide bonds. The van der Waals surface area contributed by atoms with Crippen molar-refractivity contribution in [2.24, 2.45) is 10.9 Å². The maximum atomic E-state index is 11.9. The van der Waals surface area contributed by atoms with E-state index in [0.717, 1.165) is 18.5 Å². The SMILES string of the molecule is CCc1cccc(NC(=O)CNC(=NC)NC2CC2C)c1.I. The zero-order valence-corrected chi connectivity index (χ0v) is 15.7. The van der Waals surface area contributed by atoms with Crippen LogP contribution in [-0.4, -0.2) is 31.5 Å². The summed E-state index contributed by atoms with van der Waals surface area (Å²) < 4.78 is 0. The van der Waals surface area contributed by atoms with Crippen LogP contribution in [0, 0.1) is 5.92 Å². The highest BCUT2D eigenvalue weighted by molar-refractivity contribution is 14.0. The minimum Gasteiger partial charge on any atom is -0.353 e. The monoisotopic (exact) mass is 416 g/mol. The molecular formula is C16H25IN4O. The number of halogens is 1. The molecule has 0 aromatic heterocycles. The number of amides is 1. The van der Waals surface area contributed by atoms with Crippen molar-refractivity contribution in [2.75, 3.05) is 18.9 Å². The second kappa shape index (κ2) is 8.97. The Hall–Kier alpha value is -1.31. The molecule has 0 heterocycles. The van der Waals surface area contributed by atoms with Gasteiger partial charge in [-0.05, 0) is 36.5 Å². The summed E-state index contributed by atoms with van der Waals surface area (Å²) in [7, 11) is 1.71. The third kappa shape index (κ3) is 5.82. The summed E-state index contributed by atoms with van der Waals surface area (Å²) in [6, 6.07) is 8.39. The molecule has 2 atom stereocenters. The molecule has 1 aliphatic rings. The third-order valence-electron chi connectivity index (χ3n) is 3.69. The molecular weight excluding hydrogens is 391 g/mol. The molecule has 0 spiro atoms. The largest absolute Gasteiger partial charge is 0.353 e. The highest BCUT2D eigenvalue weighted by atomic mass is 127. The smallest absolute Gasteiger partial charge is 0.243 e. The van der Waals surface area contributed by atoms with Crippen LogP contribution >= 0.6 is 24.0 Å². The topological polar surface area (TPSA) is 65.5 Å². The van der Waals surface area contributed by atoms with Crippen LogP contribution in [0.25, 0.3) is 0 Å². The van der Waals surface area contributed by atoms with E-state index in [4.69, 9.17) is 0 Å². The Morgan fingerprint density at radius 1 is 1.41 bits per heavy atom. The van der Waals surface area contributed by atoms with E-state index in [-0.39, 0.29) is 36.4 Å². The van der Waals surface area contributed by atoms with Gasteiger partial charge in [0.1, 0.15) is 0 Å². The van der Waals surface area contributed by atoms with Crippen LogP contribution in [0.5, 0.6) is 0 Å². The van der Waals surface area contributed by atoms with Crippen LogP contribution in [0.1, 0.15) is 25.8 Å². The molecule has 1 fully saturated rings. The first kappa shape index (κ1) is 18.7. The zero-order chi connectivity index (χ0) is 15.2. The lowest BCUT2D eigenvalue weighted by molar-refractivity contribution is -0.115. The molecule has 2 rings (SSSR count). The van der Waals surface area contributed by atoms with Gasteiger partial charge in [0.2, 0.25) is 5.91 Å². The van der Waals surface area contributed by atoms with Crippen LogP contribution in [0.4, 0.5) is 5.69 Å². The number of aryl methyl sites for hydroxylation is 1. The summed E-state index contributed by atoms with van der Waals surface area (Å²) >= 11 is 0. The summed E-state index contributed by atoms with van der Waals surface area (Å²) in [6.07, 6.45) is 2.12. The molecule has 5 nitrogen and oxygen atoms in total. The summed E-state index contributed by atoms with van der Waals surface area (Å²) in [6.45, 7) is 4.49.